The molecule has 0 radical (unpaired) electrons. The van der Waals surface area contributed by atoms with Gasteiger partial charge >= 0.3 is 0 Å². The van der Waals surface area contributed by atoms with E-state index in [1.54, 1.807) is 0 Å². The molecule has 9 heteroatoms. The Kier molecular flexibility index (Phi) is 7.85. The normalized spacial score (nSPS) is 12.3. The molecule has 2 N–H and O–H groups in total. The number of ether oxygens (including phenoxy) is 2. The summed E-state index contributed by atoms with van der Waals surface area (Å²) in [7, 11) is -0.875. The molecule has 0 bridgehead atoms. The maximum Gasteiger partial charge on any atom is 0.240 e. The molecule has 0 aromatic heterocycles. The van der Waals surface area contributed by atoms with Crippen molar-refractivity contribution >= 4 is 31.9 Å². The van der Waals surface area contributed by atoms with Crippen molar-refractivity contribution in [1.29, 1.82) is 0 Å². The number of methoxy groups -OCH3 is 2. The van der Waals surface area contributed by atoms with E-state index in [0.717, 1.165) is 10.0 Å². The Balaban J connectivity index is 1.93. The van der Waals surface area contributed by atoms with E-state index in [0.29, 0.717) is 11.5 Å². The standard InChI is InChI=1S/C19H23BrN2O5S/c1-13(15-6-4-5-7-16(15)20)22-19(23)10-11-21-28(24,25)14-8-9-17(26-2)18(12-14)27-3/h4-9,12-13,21H,10-11H2,1-3H3,(H,22,23). The van der Waals surface area contributed by atoms with Gasteiger partial charge in [0.25, 0.3) is 0 Å². The van der Waals surface area contributed by atoms with Gasteiger partial charge in [-0.2, -0.15) is 0 Å². The van der Waals surface area contributed by atoms with Crippen LogP contribution in [0.3, 0.4) is 0 Å². The Morgan fingerprint density at radius 2 is 1.79 bits per heavy atom. The number of halogens is 1. The lowest BCUT2D eigenvalue weighted by molar-refractivity contribution is -0.121. The van der Waals surface area contributed by atoms with Gasteiger partial charge in [0.2, 0.25) is 15.9 Å². The van der Waals surface area contributed by atoms with Crippen molar-refractivity contribution in [3.63, 3.8) is 0 Å². The zero-order valence-corrected chi connectivity index (χ0v) is 18.3. The lowest BCUT2D eigenvalue weighted by Gasteiger charge is -2.16. The van der Waals surface area contributed by atoms with E-state index in [-0.39, 0.29) is 29.8 Å². The van der Waals surface area contributed by atoms with E-state index in [1.165, 1.54) is 32.4 Å². The zero-order chi connectivity index (χ0) is 20.7. The first kappa shape index (κ1) is 22.2. The molecule has 0 aliphatic rings. The summed E-state index contributed by atoms with van der Waals surface area (Å²) in [6, 6.07) is 11.7. The quantitative estimate of drug-likeness (QED) is 0.587. The fraction of sp³-hybridized carbons (Fsp3) is 0.316. The molecule has 0 aliphatic heterocycles. The molecule has 0 aliphatic carbocycles. The maximum atomic E-state index is 12.4. The van der Waals surface area contributed by atoms with Gasteiger partial charge in [-0.15, -0.1) is 0 Å². The highest BCUT2D eigenvalue weighted by molar-refractivity contribution is 9.10. The summed E-state index contributed by atoms with van der Waals surface area (Å²) in [6.45, 7) is 1.84. The van der Waals surface area contributed by atoms with Crippen LogP contribution in [0.2, 0.25) is 0 Å². The minimum atomic E-state index is -3.77. The van der Waals surface area contributed by atoms with Crippen molar-refractivity contribution in [2.45, 2.75) is 24.3 Å². The minimum Gasteiger partial charge on any atom is -0.493 e. The van der Waals surface area contributed by atoms with Crippen LogP contribution in [0, 0.1) is 0 Å². The van der Waals surface area contributed by atoms with Gasteiger partial charge in [-0.3, -0.25) is 4.79 Å². The van der Waals surface area contributed by atoms with Crippen molar-refractivity contribution in [2.24, 2.45) is 0 Å². The Morgan fingerprint density at radius 3 is 2.43 bits per heavy atom. The third-order valence-electron chi connectivity index (χ3n) is 4.06. The Hall–Kier alpha value is -2.10. The number of rotatable bonds is 9. The van der Waals surface area contributed by atoms with Gasteiger partial charge in [0.15, 0.2) is 11.5 Å². The van der Waals surface area contributed by atoms with Crippen LogP contribution in [0.5, 0.6) is 11.5 Å². The molecule has 1 unspecified atom stereocenters. The summed E-state index contributed by atoms with van der Waals surface area (Å²) >= 11 is 3.45. The van der Waals surface area contributed by atoms with Crippen LogP contribution < -0.4 is 19.5 Å². The molecule has 152 valence electrons. The third kappa shape index (κ3) is 5.70. The summed E-state index contributed by atoms with van der Waals surface area (Å²) in [6.07, 6.45) is 0.0152. The molecule has 0 saturated heterocycles. The van der Waals surface area contributed by atoms with Crippen LogP contribution in [0.1, 0.15) is 24.9 Å². The molecule has 7 nitrogen and oxygen atoms in total. The number of amides is 1. The van der Waals surface area contributed by atoms with Crippen LogP contribution in [0.25, 0.3) is 0 Å². The molecule has 0 heterocycles. The monoisotopic (exact) mass is 470 g/mol. The van der Waals surface area contributed by atoms with Crippen LogP contribution in [-0.2, 0) is 14.8 Å². The largest absolute Gasteiger partial charge is 0.493 e. The number of carbonyl (C=O) groups is 1. The van der Waals surface area contributed by atoms with Crippen molar-refractivity contribution in [3.05, 3.63) is 52.5 Å². The summed E-state index contributed by atoms with van der Waals surface area (Å²) < 4.78 is 38.4. The van der Waals surface area contributed by atoms with E-state index in [1.807, 2.05) is 31.2 Å². The van der Waals surface area contributed by atoms with Gasteiger partial charge in [-0.1, -0.05) is 34.1 Å². The predicted octanol–water partition coefficient (Wildman–Crippen LogP) is 3.01. The molecule has 0 fully saturated rings. The number of sulfonamides is 1. The Labute approximate surface area is 173 Å². The highest BCUT2D eigenvalue weighted by Crippen LogP contribution is 2.29. The molecule has 0 spiro atoms. The molecule has 2 aromatic carbocycles. The van der Waals surface area contributed by atoms with E-state index in [2.05, 4.69) is 26.0 Å². The molecule has 28 heavy (non-hydrogen) atoms. The molecule has 0 saturated carbocycles. The van der Waals surface area contributed by atoms with Gasteiger partial charge in [-0.05, 0) is 30.7 Å². The minimum absolute atomic E-state index is 0.0152. The van der Waals surface area contributed by atoms with Gasteiger partial charge in [-0.25, -0.2) is 13.1 Å². The lowest BCUT2D eigenvalue weighted by Crippen LogP contribution is -2.32. The lowest BCUT2D eigenvalue weighted by atomic mass is 10.1. The summed E-state index contributed by atoms with van der Waals surface area (Å²) in [4.78, 5) is 12.2. The second kappa shape index (κ2) is 9.90. The van der Waals surface area contributed by atoms with Crippen LogP contribution >= 0.6 is 15.9 Å². The van der Waals surface area contributed by atoms with Crippen LogP contribution in [0.15, 0.2) is 51.8 Å². The summed E-state index contributed by atoms with van der Waals surface area (Å²) in [5, 5.41) is 2.86. The molecule has 2 rings (SSSR count). The van der Waals surface area contributed by atoms with E-state index in [4.69, 9.17) is 9.47 Å². The summed E-state index contributed by atoms with van der Waals surface area (Å²) in [5.41, 5.74) is 0.946. The van der Waals surface area contributed by atoms with Gasteiger partial charge < -0.3 is 14.8 Å². The van der Waals surface area contributed by atoms with Crippen molar-refractivity contribution in [1.82, 2.24) is 10.0 Å². The van der Waals surface area contributed by atoms with E-state index in [9.17, 15) is 13.2 Å². The topological polar surface area (TPSA) is 93.7 Å². The number of nitrogens with one attached hydrogen (secondary N) is 2. The van der Waals surface area contributed by atoms with Crippen molar-refractivity contribution < 1.29 is 22.7 Å². The van der Waals surface area contributed by atoms with Gasteiger partial charge in [0.05, 0.1) is 25.2 Å². The fourth-order valence-electron chi connectivity index (χ4n) is 2.58. The fourth-order valence-corrected chi connectivity index (χ4v) is 4.26. The molecular formula is C19H23BrN2O5S. The first-order chi connectivity index (χ1) is 13.3. The van der Waals surface area contributed by atoms with Crippen molar-refractivity contribution in [3.8, 4) is 11.5 Å². The average molecular weight is 471 g/mol. The smallest absolute Gasteiger partial charge is 0.240 e. The number of benzene rings is 2. The van der Waals surface area contributed by atoms with E-state index >= 15 is 0 Å². The van der Waals surface area contributed by atoms with Crippen LogP contribution in [-0.4, -0.2) is 35.1 Å². The second-order valence-corrected chi connectivity index (χ2v) is 8.60. The Morgan fingerprint density at radius 1 is 1.11 bits per heavy atom. The first-order valence-electron chi connectivity index (χ1n) is 8.54. The predicted molar refractivity (Wildman–Crippen MR) is 110 cm³/mol. The SMILES string of the molecule is COc1ccc(S(=O)(=O)NCCC(=O)NC(C)c2ccccc2Br)cc1OC. The first-order valence-corrected chi connectivity index (χ1v) is 10.8. The van der Waals surface area contributed by atoms with Gasteiger partial charge in [0, 0.05) is 23.5 Å². The zero-order valence-electron chi connectivity index (χ0n) is 15.9. The molecule has 1 atom stereocenters. The number of hydrogen-bond donors (Lipinski definition) is 2. The van der Waals surface area contributed by atoms with Crippen LogP contribution in [0.4, 0.5) is 0 Å². The number of carbonyl (C=O) groups excluding carboxylic acids is 1. The van der Waals surface area contributed by atoms with Gasteiger partial charge in [0.1, 0.15) is 0 Å². The second-order valence-electron chi connectivity index (χ2n) is 5.98. The Bertz CT molecular complexity index is 934. The van der Waals surface area contributed by atoms with E-state index < -0.39 is 10.0 Å². The van der Waals surface area contributed by atoms with Crippen molar-refractivity contribution in [2.75, 3.05) is 20.8 Å². The third-order valence-corrected chi connectivity index (χ3v) is 6.24. The molecule has 2 aromatic rings. The highest BCUT2D eigenvalue weighted by Gasteiger charge is 2.18. The molecular weight excluding hydrogens is 448 g/mol. The maximum absolute atomic E-state index is 12.4. The summed E-state index contributed by atoms with van der Waals surface area (Å²) in [5.74, 6) is 0.491. The number of hydrogen-bond acceptors (Lipinski definition) is 5. The average Bonchev–Trinajstić information content (AvgIpc) is 2.67. The highest BCUT2D eigenvalue weighted by atomic mass is 79.9. The molecule has 1 amide bonds.